The Morgan fingerprint density at radius 3 is 3.00 bits per heavy atom. The molecule has 1 aliphatic heterocycles. The lowest BCUT2D eigenvalue weighted by Gasteiger charge is -1.90. The van der Waals surface area contributed by atoms with Crippen molar-refractivity contribution in [3.8, 4) is 0 Å². The van der Waals surface area contributed by atoms with Crippen LogP contribution in [0.15, 0.2) is 27.5 Å². The summed E-state index contributed by atoms with van der Waals surface area (Å²) in [6, 6.07) is 4.12. The molecule has 0 fully saturated rings. The van der Waals surface area contributed by atoms with E-state index in [-0.39, 0.29) is 0 Å². The Balaban J connectivity index is 2.28. The van der Waals surface area contributed by atoms with Crippen LogP contribution >= 0.6 is 11.3 Å². The van der Waals surface area contributed by atoms with Gasteiger partial charge in [-0.3, -0.25) is 4.99 Å². The molecular weight excluding hydrogens is 156 g/mol. The Bertz CT molecular complexity index is 309. The van der Waals surface area contributed by atoms with Gasteiger partial charge in [0.25, 0.3) is 0 Å². The van der Waals surface area contributed by atoms with Gasteiger partial charge in [0.1, 0.15) is 5.84 Å². The van der Waals surface area contributed by atoms with Crippen molar-refractivity contribution in [2.45, 2.75) is 6.92 Å². The monoisotopic (exact) mass is 164 g/mol. The number of hydrogen-bond acceptors (Lipinski definition) is 3. The minimum Gasteiger partial charge on any atom is -0.264 e. The molecule has 3 heteroatoms. The van der Waals surface area contributed by atoms with Gasteiger partial charge in [0.2, 0.25) is 0 Å². The molecule has 56 valence electrons. The van der Waals surface area contributed by atoms with E-state index >= 15 is 0 Å². The average Bonchev–Trinajstić information content (AvgIpc) is 2.55. The molecule has 0 bridgehead atoms. The first kappa shape index (κ1) is 6.73. The first-order valence-electron chi connectivity index (χ1n) is 3.49. The maximum absolute atomic E-state index is 4.31. The fraction of sp³-hybridized carbons (Fsp3) is 0.250. The van der Waals surface area contributed by atoms with Gasteiger partial charge in [-0.25, -0.2) is 4.99 Å². The zero-order valence-electron chi connectivity index (χ0n) is 6.24. The van der Waals surface area contributed by atoms with E-state index in [2.05, 4.69) is 21.4 Å². The quantitative estimate of drug-likeness (QED) is 0.606. The van der Waals surface area contributed by atoms with Gasteiger partial charge in [-0.1, -0.05) is 6.07 Å². The van der Waals surface area contributed by atoms with Crippen LogP contribution in [0.3, 0.4) is 0 Å². The highest BCUT2D eigenvalue weighted by atomic mass is 32.1. The molecule has 0 radical (unpaired) electrons. The Hall–Kier alpha value is -0.960. The Morgan fingerprint density at radius 1 is 1.55 bits per heavy atom. The highest BCUT2D eigenvalue weighted by Gasteiger charge is 2.08. The second kappa shape index (κ2) is 2.58. The van der Waals surface area contributed by atoms with E-state index < -0.39 is 0 Å². The molecule has 0 unspecified atom stereocenters. The van der Waals surface area contributed by atoms with Crippen LogP contribution in [0, 0.1) is 0 Å². The van der Waals surface area contributed by atoms with Crippen molar-refractivity contribution < 1.29 is 0 Å². The molecule has 0 saturated carbocycles. The minimum absolute atomic E-state index is 0.756. The Labute approximate surface area is 69.3 Å². The lowest BCUT2D eigenvalue weighted by molar-refractivity contribution is 1.33. The van der Waals surface area contributed by atoms with Gasteiger partial charge in [0.05, 0.1) is 17.1 Å². The van der Waals surface area contributed by atoms with Crippen molar-refractivity contribution >= 4 is 22.9 Å². The summed E-state index contributed by atoms with van der Waals surface area (Å²) in [5.41, 5.74) is 1.11. The van der Waals surface area contributed by atoms with Gasteiger partial charge < -0.3 is 0 Å². The normalized spacial score (nSPS) is 16.5. The first-order chi connectivity index (χ1) is 5.36. The second-order valence-electron chi connectivity index (χ2n) is 2.40. The van der Waals surface area contributed by atoms with Crippen molar-refractivity contribution in [1.29, 1.82) is 0 Å². The molecule has 2 heterocycles. The molecule has 0 spiro atoms. The van der Waals surface area contributed by atoms with E-state index in [0.717, 1.165) is 18.1 Å². The molecule has 0 atom stereocenters. The van der Waals surface area contributed by atoms with E-state index in [1.54, 1.807) is 11.3 Å². The fourth-order valence-electron chi connectivity index (χ4n) is 1.03. The van der Waals surface area contributed by atoms with Crippen molar-refractivity contribution in [2.75, 3.05) is 6.54 Å². The molecule has 2 rings (SSSR count). The minimum atomic E-state index is 0.756. The van der Waals surface area contributed by atoms with Crippen molar-refractivity contribution in [2.24, 2.45) is 9.98 Å². The van der Waals surface area contributed by atoms with E-state index in [9.17, 15) is 0 Å². The number of thiophene rings is 1. The highest BCUT2D eigenvalue weighted by molar-refractivity contribution is 7.12. The van der Waals surface area contributed by atoms with Gasteiger partial charge in [0, 0.05) is 0 Å². The summed E-state index contributed by atoms with van der Waals surface area (Å²) in [5.74, 6) is 0.897. The summed E-state index contributed by atoms with van der Waals surface area (Å²) >= 11 is 1.72. The number of nitrogens with zero attached hydrogens (tertiary/aromatic N) is 2. The number of aliphatic imine (C=N–C) groups is 2. The molecule has 0 aliphatic carbocycles. The number of amidine groups is 1. The zero-order chi connectivity index (χ0) is 7.68. The van der Waals surface area contributed by atoms with Crippen LogP contribution in [0.1, 0.15) is 11.8 Å². The van der Waals surface area contributed by atoms with E-state index in [0.29, 0.717) is 0 Å². The Morgan fingerprint density at radius 2 is 2.45 bits per heavy atom. The lowest BCUT2D eigenvalue weighted by Crippen LogP contribution is -1.97. The summed E-state index contributed by atoms with van der Waals surface area (Å²) in [7, 11) is 0. The zero-order valence-corrected chi connectivity index (χ0v) is 7.06. The smallest absolute Gasteiger partial charge is 0.120 e. The van der Waals surface area contributed by atoms with Crippen molar-refractivity contribution in [3.05, 3.63) is 22.4 Å². The summed E-state index contributed by atoms with van der Waals surface area (Å²) in [6.45, 7) is 2.69. The average molecular weight is 164 g/mol. The maximum atomic E-state index is 4.31. The number of rotatable bonds is 1. The molecule has 0 N–H and O–H groups in total. The summed E-state index contributed by atoms with van der Waals surface area (Å²) in [6.07, 6.45) is 0. The topological polar surface area (TPSA) is 24.7 Å². The Kier molecular flexibility index (Phi) is 1.58. The third kappa shape index (κ3) is 1.24. The van der Waals surface area contributed by atoms with E-state index in [4.69, 9.17) is 0 Å². The molecule has 11 heavy (non-hydrogen) atoms. The van der Waals surface area contributed by atoms with Crippen LogP contribution in [0.25, 0.3) is 0 Å². The largest absolute Gasteiger partial charge is 0.264 e. The van der Waals surface area contributed by atoms with Crippen LogP contribution in [-0.2, 0) is 0 Å². The van der Waals surface area contributed by atoms with Crippen LogP contribution in [0.2, 0.25) is 0 Å². The SMILES string of the molecule is CC1=NCC(c2cccs2)=N1. The van der Waals surface area contributed by atoms with E-state index in [1.165, 1.54) is 4.88 Å². The predicted molar refractivity (Wildman–Crippen MR) is 48.8 cm³/mol. The molecule has 0 amide bonds. The summed E-state index contributed by atoms with van der Waals surface area (Å²) < 4.78 is 0. The standard InChI is InChI=1S/C8H8N2S/c1-6-9-5-7(10-6)8-3-2-4-11-8/h2-4H,5H2,1H3. The van der Waals surface area contributed by atoms with Crippen LogP contribution in [0.5, 0.6) is 0 Å². The first-order valence-corrected chi connectivity index (χ1v) is 4.37. The van der Waals surface area contributed by atoms with E-state index in [1.807, 2.05) is 13.0 Å². The summed E-state index contributed by atoms with van der Waals surface area (Å²) in [4.78, 5) is 9.74. The molecule has 1 aliphatic rings. The molecule has 0 saturated heterocycles. The number of hydrogen-bond donors (Lipinski definition) is 0. The van der Waals surface area contributed by atoms with Crippen LogP contribution in [0.4, 0.5) is 0 Å². The van der Waals surface area contributed by atoms with Gasteiger partial charge in [-0.15, -0.1) is 11.3 Å². The molecule has 1 aromatic heterocycles. The predicted octanol–water partition coefficient (Wildman–Crippen LogP) is 1.97. The maximum Gasteiger partial charge on any atom is 0.120 e. The van der Waals surface area contributed by atoms with Gasteiger partial charge in [-0.05, 0) is 18.4 Å². The summed E-state index contributed by atoms with van der Waals surface area (Å²) in [5, 5.41) is 2.06. The molecule has 0 aromatic carbocycles. The van der Waals surface area contributed by atoms with Crippen LogP contribution in [-0.4, -0.2) is 18.1 Å². The molecular formula is C8H8N2S. The van der Waals surface area contributed by atoms with Gasteiger partial charge in [-0.2, -0.15) is 0 Å². The van der Waals surface area contributed by atoms with Gasteiger partial charge in [0.15, 0.2) is 0 Å². The highest BCUT2D eigenvalue weighted by Crippen LogP contribution is 2.13. The molecule has 2 nitrogen and oxygen atoms in total. The van der Waals surface area contributed by atoms with Crippen molar-refractivity contribution in [3.63, 3.8) is 0 Å². The second-order valence-corrected chi connectivity index (χ2v) is 3.35. The molecule has 1 aromatic rings. The fourth-order valence-corrected chi connectivity index (χ4v) is 1.74. The third-order valence-corrected chi connectivity index (χ3v) is 2.48. The lowest BCUT2D eigenvalue weighted by atomic mass is 10.3. The van der Waals surface area contributed by atoms with Gasteiger partial charge >= 0.3 is 0 Å². The van der Waals surface area contributed by atoms with Crippen molar-refractivity contribution in [1.82, 2.24) is 0 Å². The van der Waals surface area contributed by atoms with Crippen LogP contribution < -0.4 is 0 Å². The third-order valence-electron chi connectivity index (χ3n) is 1.56.